The predicted molar refractivity (Wildman–Crippen MR) is 109 cm³/mol. The van der Waals surface area contributed by atoms with E-state index in [1.807, 2.05) is 20.8 Å². The number of hydrogen-bond donors (Lipinski definition) is 3. The van der Waals surface area contributed by atoms with Crippen LogP contribution >= 0.6 is 0 Å². The Kier molecular flexibility index (Phi) is 6.59. The number of halogens is 2. The molecule has 0 saturated carbocycles. The third-order valence-electron chi connectivity index (χ3n) is 5.86. The number of methoxy groups -OCH3 is 1. The Morgan fingerprint density at radius 1 is 1.35 bits per heavy atom. The summed E-state index contributed by atoms with van der Waals surface area (Å²) >= 11 is 0. The van der Waals surface area contributed by atoms with E-state index in [1.165, 1.54) is 31.5 Å². The minimum absolute atomic E-state index is 0.195. The molecule has 1 aromatic carbocycles. The van der Waals surface area contributed by atoms with Gasteiger partial charge in [-0.2, -0.15) is 4.39 Å². The number of hydrogen-bond acceptors (Lipinski definition) is 6. The summed E-state index contributed by atoms with van der Waals surface area (Å²) < 4.78 is 39.3. The zero-order valence-corrected chi connectivity index (χ0v) is 17.7. The average molecular weight is 436 g/mol. The SMILES string of the molecule is COc1c([C@@H]2[C@@H](C)C(C)(C)O[C@H]2C(=O)Nc2ccnc([C@@H](O)CO)c2)ccc(F)c1F. The maximum atomic E-state index is 14.4. The molecule has 9 heteroatoms. The normalized spacial score (nSPS) is 23.4. The van der Waals surface area contributed by atoms with Gasteiger partial charge in [-0.25, -0.2) is 4.39 Å². The summed E-state index contributed by atoms with van der Waals surface area (Å²) in [6.07, 6.45) is -0.803. The van der Waals surface area contributed by atoms with Crippen molar-refractivity contribution in [3.8, 4) is 5.75 Å². The van der Waals surface area contributed by atoms with Gasteiger partial charge in [0.15, 0.2) is 11.6 Å². The van der Waals surface area contributed by atoms with Gasteiger partial charge in [0.05, 0.1) is 25.0 Å². The van der Waals surface area contributed by atoms with Gasteiger partial charge in [0, 0.05) is 23.4 Å². The summed E-state index contributed by atoms with van der Waals surface area (Å²) in [5, 5.41) is 21.6. The van der Waals surface area contributed by atoms with Crippen LogP contribution in [0.1, 0.15) is 44.1 Å². The summed E-state index contributed by atoms with van der Waals surface area (Å²) in [5.74, 6) is -3.75. The summed E-state index contributed by atoms with van der Waals surface area (Å²) in [7, 11) is 1.24. The Morgan fingerprint density at radius 2 is 2.06 bits per heavy atom. The Hall–Kier alpha value is -2.62. The van der Waals surface area contributed by atoms with Crippen molar-refractivity contribution in [1.29, 1.82) is 0 Å². The van der Waals surface area contributed by atoms with Crippen LogP contribution in [-0.2, 0) is 9.53 Å². The second kappa shape index (κ2) is 8.86. The number of nitrogens with zero attached hydrogens (tertiary/aromatic N) is 1. The second-order valence-electron chi connectivity index (χ2n) is 8.10. The van der Waals surface area contributed by atoms with Crippen molar-refractivity contribution >= 4 is 11.6 Å². The number of aliphatic hydroxyl groups is 2. The first-order valence-corrected chi connectivity index (χ1v) is 9.86. The van der Waals surface area contributed by atoms with Crippen LogP contribution < -0.4 is 10.1 Å². The Balaban J connectivity index is 1.96. The smallest absolute Gasteiger partial charge is 0.254 e. The van der Waals surface area contributed by atoms with Gasteiger partial charge in [0.1, 0.15) is 12.2 Å². The molecular weight excluding hydrogens is 410 g/mol. The first-order valence-electron chi connectivity index (χ1n) is 9.86. The molecule has 0 radical (unpaired) electrons. The number of amides is 1. The van der Waals surface area contributed by atoms with Crippen molar-refractivity contribution in [3.05, 3.63) is 53.4 Å². The fourth-order valence-corrected chi connectivity index (χ4v) is 3.88. The lowest BCUT2D eigenvalue weighted by Crippen LogP contribution is -2.33. The maximum Gasteiger partial charge on any atom is 0.254 e. The van der Waals surface area contributed by atoms with Crippen molar-refractivity contribution in [3.63, 3.8) is 0 Å². The number of rotatable bonds is 6. The lowest BCUT2D eigenvalue weighted by Gasteiger charge is -2.25. The molecule has 0 bridgehead atoms. The van der Waals surface area contributed by atoms with Gasteiger partial charge >= 0.3 is 0 Å². The maximum absolute atomic E-state index is 14.4. The predicted octanol–water partition coefficient (Wildman–Crippen LogP) is 2.93. The number of pyridine rings is 1. The molecule has 1 aliphatic rings. The van der Waals surface area contributed by atoms with E-state index in [-0.39, 0.29) is 17.4 Å². The average Bonchev–Trinajstić information content (AvgIpc) is 2.99. The van der Waals surface area contributed by atoms with Crippen molar-refractivity contribution in [2.45, 2.75) is 44.5 Å². The molecular formula is C22H26F2N2O5. The van der Waals surface area contributed by atoms with Gasteiger partial charge in [-0.15, -0.1) is 0 Å². The summed E-state index contributed by atoms with van der Waals surface area (Å²) in [4.78, 5) is 17.1. The molecule has 7 nitrogen and oxygen atoms in total. The fourth-order valence-electron chi connectivity index (χ4n) is 3.88. The molecule has 1 amide bonds. The third-order valence-corrected chi connectivity index (χ3v) is 5.86. The zero-order valence-electron chi connectivity index (χ0n) is 17.7. The summed E-state index contributed by atoms with van der Waals surface area (Å²) in [5.41, 5.74) is 0.157. The number of ether oxygens (including phenoxy) is 2. The van der Waals surface area contributed by atoms with Gasteiger partial charge in [0.2, 0.25) is 5.82 Å². The molecule has 4 atom stereocenters. The van der Waals surface area contributed by atoms with E-state index < -0.39 is 47.9 Å². The first kappa shape index (κ1) is 23.1. The second-order valence-corrected chi connectivity index (χ2v) is 8.10. The quantitative estimate of drug-likeness (QED) is 0.644. The summed E-state index contributed by atoms with van der Waals surface area (Å²) in [6, 6.07) is 5.38. The van der Waals surface area contributed by atoms with E-state index in [1.54, 1.807) is 0 Å². The molecule has 168 valence electrons. The Bertz CT molecular complexity index is 969. The minimum atomic E-state index is -1.18. The molecule has 1 saturated heterocycles. The van der Waals surface area contributed by atoms with Crippen LogP contribution in [0.5, 0.6) is 5.75 Å². The number of benzene rings is 1. The molecule has 31 heavy (non-hydrogen) atoms. The molecule has 3 N–H and O–H groups in total. The Morgan fingerprint density at radius 3 is 2.71 bits per heavy atom. The van der Waals surface area contributed by atoms with Crippen LogP contribution in [0.2, 0.25) is 0 Å². The number of nitrogens with one attached hydrogen (secondary N) is 1. The zero-order chi connectivity index (χ0) is 22.9. The van der Waals surface area contributed by atoms with Crippen LogP contribution in [0, 0.1) is 17.6 Å². The highest BCUT2D eigenvalue weighted by Gasteiger charge is 2.51. The van der Waals surface area contributed by atoms with Gasteiger partial charge in [0.25, 0.3) is 5.91 Å². The van der Waals surface area contributed by atoms with Crippen molar-refractivity contribution in [2.24, 2.45) is 5.92 Å². The number of anilines is 1. The van der Waals surface area contributed by atoms with E-state index in [4.69, 9.17) is 14.6 Å². The fraction of sp³-hybridized carbons (Fsp3) is 0.455. The van der Waals surface area contributed by atoms with Crippen molar-refractivity contribution < 1.29 is 33.3 Å². The molecule has 1 aromatic heterocycles. The molecule has 1 aliphatic heterocycles. The number of carbonyl (C=O) groups excluding carboxylic acids is 1. The monoisotopic (exact) mass is 436 g/mol. The molecule has 1 fully saturated rings. The Labute approximate surface area is 179 Å². The van der Waals surface area contributed by atoms with E-state index >= 15 is 0 Å². The van der Waals surface area contributed by atoms with E-state index in [9.17, 15) is 18.7 Å². The molecule has 0 spiro atoms. The molecule has 0 aliphatic carbocycles. The molecule has 0 unspecified atom stereocenters. The number of carbonyl (C=O) groups is 1. The lowest BCUT2D eigenvalue weighted by molar-refractivity contribution is -0.131. The first-order chi connectivity index (χ1) is 14.6. The minimum Gasteiger partial charge on any atom is -0.493 e. The highest BCUT2D eigenvalue weighted by Crippen LogP contribution is 2.49. The van der Waals surface area contributed by atoms with Crippen LogP contribution in [0.15, 0.2) is 30.5 Å². The highest BCUT2D eigenvalue weighted by molar-refractivity contribution is 5.95. The van der Waals surface area contributed by atoms with Gasteiger partial charge in [-0.3, -0.25) is 9.78 Å². The van der Waals surface area contributed by atoms with Crippen LogP contribution in [0.25, 0.3) is 0 Å². The standard InChI is InChI=1S/C22H26F2N2O5/c1-11-17(13-5-6-14(23)18(24)19(13)30-4)20(31-22(11,2)3)21(29)26-12-7-8-25-15(9-12)16(28)10-27/h5-9,11,16-17,20,27-28H,10H2,1-4H3,(H,25,26,29)/t11-,16+,17+,20-/m1/s1. The number of aromatic nitrogens is 1. The number of aliphatic hydroxyl groups excluding tert-OH is 2. The van der Waals surface area contributed by atoms with E-state index in [2.05, 4.69) is 10.3 Å². The van der Waals surface area contributed by atoms with Gasteiger partial charge < -0.3 is 25.0 Å². The van der Waals surface area contributed by atoms with Crippen LogP contribution in [-0.4, -0.2) is 46.5 Å². The topological polar surface area (TPSA) is 101 Å². The van der Waals surface area contributed by atoms with Crippen molar-refractivity contribution in [2.75, 3.05) is 19.0 Å². The van der Waals surface area contributed by atoms with Crippen LogP contribution in [0.3, 0.4) is 0 Å². The van der Waals surface area contributed by atoms with E-state index in [0.717, 1.165) is 6.07 Å². The highest BCUT2D eigenvalue weighted by atomic mass is 19.2. The van der Waals surface area contributed by atoms with Crippen molar-refractivity contribution in [1.82, 2.24) is 4.98 Å². The summed E-state index contributed by atoms with van der Waals surface area (Å²) in [6.45, 7) is 5.01. The van der Waals surface area contributed by atoms with E-state index in [0.29, 0.717) is 11.3 Å². The molecule has 3 rings (SSSR count). The third kappa shape index (κ3) is 4.39. The largest absolute Gasteiger partial charge is 0.493 e. The van der Waals surface area contributed by atoms with Gasteiger partial charge in [-0.1, -0.05) is 13.0 Å². The van der Waals surface area contributed by atoms with Crippen LogP contribution in [0.4, 0.5) is 14.5 Å². The van der Waals surface area contributed by atoms with Gasteiger partial charge in [-0.05, 0) is 38.0 Å². The lowest BCUT2D eigenvalue weighted by atomic mass is 9.78. The molecule has 2 heterocycles. The molecule has 2 aromatic rings.